The van der Waals surface area contributed by atoms with Crippen LogP contribution in [0.5, 0.6) is 0 Å². The van der Waals surface area contributed by atoms with E-state index in [-0.39, 0.29) is 6.04 Å². The van der Waals surface area contributed by atoms with Gasteiger partial charge in [-0.15, -0.1) is 0 Å². The number of sulfonamides is 1. The summed E-state index contributed by atoms with van der Waals surface area (Å²) in [7, 11) is -1.64. The average molecular weight is 351 g/mol. The Bertz CT molecular complexity index is 666. The van der Waals surface area contributed by atoms with Crippen LogP contribution in [-0.2, 0) is 10.0 Å². The number of rotatable bonds is 4. The molecule has 2 fully saturated rings. The number of aryl methyl sites for hydroxylation is 1. The lowest BCUT2D eigenvalue weighted by Gasteiger charge is -2.35. The van der Waals surface area contributed by atoms with Gasteiger partial charge in [0.15, 0.2) is 0 Å². The summed E-state index contributed by atoms with van der Waals surface area (Å²) in [6, 6.07) is 7.91. The minimum absolute atomic E-state index is 0.125. The third kappa shape index (κ3) is 3.68. The van der Waals surface area contributed by atoms with Gasteiger partial charge in [0.2, 0.25) is 10.0 Å². The highest BCUT2D eigenvalue weighted by atomic mass is 32.2. The summed E-state index contributed by atoms with van der Waals surface area (Å²) < 4.78 is 27.4. The van der Waals surface area contributed by atoms with Crippen LogP contribution in [-0.4, -0.2) is 49.8 Å². The van der Waals surface area contributed by atoms with E-state index in [1.807, 2.05) is 19.1 Å². The van der Waals surface area contributed by atoms with E-state index in [0.29, 0.717) is 10.9 Å². The summed E-state index contributed by atoms with van der Waals surface area (Å²) >= 11 is 0. The molecular formula is C19H30N2O2S. The summed E-state index contributed by atoms with van der Waals surface area (Å²) in [5, 5.41) is 0. The normalized spacial score (nSPS) is 27.0. The third-order valence-corrected chi connectivity index (χ3v) is 7.80. The zero-order valence-electron chi connectivity index (χ0n) is 15.1. The Morgan fingerprint density at radius 2 is 1.83 bits per heavy atom. The van der Waals surface area contributed by atoms with E-state index in [9.17, 15) is 8.42 Å². The third-order valence-electron chi connectivity index (χ3n) is 5.89. The predicted molar refractivity (Wildman–Crippen MR) is 97.5 cm³/mol. The molecule has 4 nitrogen and oxygen atoms in total. The van der Waals surface area contributed by atoms with Gasteiger partial charge in [-0.1, -0.05) is 19.1 Å². The van der Waals surface area contributed by atoms with Gasteiger partial charge in [0.25, 0.3) is 0 Å². The molecule has 0 bridgehead atoms. The molecule has 0 radical (unpaired) electrons. The van der Waals surface area contributed by atoms with Crippen LogP contribution in [0.1, 0.15) is 44.6 Å². The zero-order chi connectivity index (χ0) is 17.3. The van der Waals surface area contributed by atoms with Gasteiger partial charge in [-0.2, -0.15) is 4.31 Å². The Kier molecular flexibility index (Phi) is 5.33. The van der Waals surface area contributed by atoms with Gasteiger partial charge >= 0.3 is 0 Å². The van der Waals surface area contributed by atoms with Crippen molar-refractivity contribution in [1.29, 1.82) is 0 Å². The Morgan fingerprint density at radius 1 is 1.12 bits per heavy atom. The van der Waals surface area contributed by atoms with Crippen molar-refractivity contribution < 1.29 is 8.42 Å². The van der Waals surface area contributed by atoms with Gasteiger partial charge < -0.3 is 4.90 Å². The van der Waals surface area contributed by atoms with Gasteiger partial charge in [0, 0.05) is 19.1 Å². The van der Waals surface area contributed by atoms with Crippen LogP contribution >= 0.6 is 0 Å². The molecular weight excluding hydrogens is 320 g/mol. The molecule has 1 aliphatic carbocycles. The van der Waals surface area contributed by atoms with Gasteiger partial charge in [0.1, 0.15) is 0 Å². The first-order valence-electron chi connectivity index (χ1n) is 9.16. The average Bonchev–Trinajstić information content (AvgIpc) is 3.04. The second kappa shape index (κ2) is 7.14. The van der Waals surface area contributed by atoms with Crippen LogP contribution in [0.3, 0.4) is 0 Å². The molecule has 0 aromatic heterocycles. The number of benzene rings is 1. The molecule has 1 aromatic carbocycles. The number of hydrogen-bond acceptors (Lipinski definition) is 3. The van der Waals surface area contributed by atoms with Crippen LogP contribution in [0, 0.1) is 12.8 Å². The van der Waals surface area contributed by atoms with Gasteiger partial charge in [-0.3, -0.25) is 0 Å². The molecule has 1 heterocycles. The predicted octanol–water partition coefficient (Wildman–Crippen LogP) is 3.27. The summed E-state index contributed by atoms with van der Waals surface area (Å²) in [6.07, 6.45) is 5.61. The smallest absolute Gasteiger partial charge is 0.243 e. The van der Waals surface area contributed by atoms with Crippen molar-refractivity contribution in [3.05, 3.63) is 29.8 Å². The van der Waals surface area contributed by atoms with Crippen molar-refractivity contribution in [3.8, 4) is 0 Å². The molecule has 2 aliphatic rings. The molecule has 1 saturated carbocycles. The van der Waals surface area contributed by atoms with E-state index in [2.05, 4.69) is 11.8 Å². The molecule has 1 aromatic rings. The number of likely N-dealkylation sites (tertiary alicyclic amines) is 1. The molecule has 5 heteroatoms. The van der Waals surface area contributed by atoms with Crippen molar-refractivity contribution in [2.24, 2.45) is 5.92 Å². The van der Waals surface area contributed by atoms with Crippen LogP contribution in [0.25, 0.3) is 0 Å². The molecule has 0 spiro atoms. The summed E-state index contributed by atoms with van der Waals surface area (Å²) in [6.45, 7) is 6.61. The van der Waals surface area contributed by atoms with Gasteiger partial charge in [-0.05, 0) is 75.7 Å². The lowest BCUT2D eigenvalue weighted by atomic mass is 9.97. The van der Waals surface area contributed by atoms with E-state index >= 15 is 0 Å². The maximum atomic E-state index is 12.9. The summed E-state index contributed by atoms with van der Waals surface area (Å²) in [5.41, 5.74) is 0.983. The fourth-order valence-corrected chi connectivity index (χ4v) is 5.63. The van der Waals surface area contributed by atoms with Crippen molar-refractivity contribution in [3.63, 3.8) is 0 Å². The first-order chi connectivity index (χ1) is 11.4. The van der Waals surface area contributed by atoms with Gasteiger partial charge in [-0.25, -0.2) is 8.42 Å². The van der Waals surface area contributed by atoms with E-state index < -0.39 is 10.0 Å². The lowest BCUT2D eigenvalue weighted by molar-refractivity contribution is 0.136. The monoisotopic (exact) mass is 350 g/mol. The zero-order valence-corrected chi connectivity index (χ0v) is 15.9. The van der Waals surface area contributed by atoms with Crippen LogP contribution < -0.4 is 0 Å². The highest BCUT2D eigenvalue weighted by Gasteiger charge is 2.36. The SMILES string of the molecule is Cc1cccc(S(=O)(=O)N(C)C2CCC(N3CCC(C)CC3)C2)c1. The topological polar surface area (TPSA) is 40.6 Å². The molecule has 24 heavy (non-hydrogen) atoms. The number of hydrogen-bond donors (Lipinski definition) is 0. The molecule has 1 saturated heterocycles. The Balaban J connectivity index is 1.66. The van der Waals surface area contributed by atoms with Crippen LogP contribution in [0.15, 0.2) is 29.2 Å². The quantitative estimate of drug-likeness (QED) is 0.837. The molecule has 134 valence electrons. The van der Waals surface area contributed by atoms with E-state index in [1.165, 1.54) is 25.9 Å². The Morgan fingerprint density at radius 3 is 2.50 bits per heavy atom. The molecule has 0 amide bonds. The van der Waals surface area contributed by atoms with E-state index in [1.54, 1.807) is 23.5 Å². The first kappa shape index (κ1) is 17.9. The van der Waals surface area contributed by atoms with E-state index in [4.69, 9.17) is 0 Å². The van der Waals surface area contributed by atoms with Crippen molar-refractivity contribution in [2.45, 2.75) is 62.9 Å². The highest BCUT2D eigenvalue weighted by molar-refractivity contribution is 7.89. The standard InChI is InChI=1S/C19H30N2O2S/c1-15-9-11-21(12-10-15)18-8-7-17(14-18)20(3)24(22,23)19-6-4-5-16(2)13-19/h4-6,13,15,17-18H,7-12,14H2,1-3H3. The maximum Gasteiger partial charge on any atom is 0.243 e. The second-order valence-corrected chi connectivity index (χ2v) is 9.67. The second-order valence-electron chi connectivity index (χ2n) is 7.68. The largest absolute Gasteiger partial charge is 0.300 e. The highest BCUT2D eigenvalue weighted by Crippen LogP contribution is 2.32. The van der Waals surface area contributed by atoms with Crippen LogP contribution in [0.2, 0.25) is 0 Å². The van der Waals surface area contributed by atoms with Crippen molar-refractivity contribution in [1.82, 2.24) is 9.21 Å². The van der Waals surface area contributed by atoms with E-state index in [0.717, 1.165) is 30.7 Å². The minimum atomic E-state index is -3.39. The Hall–Kier alpha value is -0.910. The molecule has 3 rings (SSSR count). The van der Waals surface area contributed by atoms with Crippen molar-refractivity contribution >= 4 is 10.0 Å². The van der Waals surface area contributed by atoms with Crippen LogP contribution in [0.4, 0.5) is 0 Å². The summed E-state index contributed by atoms with van der Waals surface area (Å²) in [4.78, 5) is 3.01. The molecule has 2 atom stereocenters. The molecule has 2 unspecified atom stereocenters. The number of nitrogens with zero attached hydrogens (tertiary/aromatic N) is 2. The van der Waals surface area contributed by atoms with Crippen molar-refractivity contribution in [2.75, 3.05) is 20.1 Å². The number of piperidine rings is 1. The fraction of sp³-hybridized carbons (Fsp3) is 0.684. The Labute approximate surface area is 146 Å². The first-order valence-corrected chi connectivity index (χ1v) is 10.6. The molecule has 1 aliphatic heterocycles. The minimum Gasteiger partial charge on any atom is -0.300 e. The summed E-state index contributed by atoms with van der Waals surface area (Å²) in [5.74, 6) is 0.836. The van der Waals surface area contributed by atoms with Gasteiger partial charge in [0.05, 0.1) is 4.90 Å². The molecule has 0 N–H and O–H groups in total. The lowest BCUT2D eigenvalue weighted by Crippen LogP contribution is -2.41. The maximum absolute atomic E-state index is 12.9. The fourth-order valence-electron chi connectivity index (χ4n) is 4.13.